The molecule has 0 saturated carbocycles. The van der Waals surface area contributed by atoms with Crippen LogP contribution in [-0.4, -0.2) is 25.9 Å². The maximum absolute atomic E-state index is 5.66. The molecule has 10 heavy (non-hydrogen) atoms. The van der Waals surface area contributed by atoms with E-state index in [1.807, 2.05) is 4.81 Å². The second-order valence-electron chi connectivity index (χ2n) is 4.35. The molecule has 1 fully saturated rings. The zero-order valence-electron chi connectivity index (χ0n) is 7.22. The van der Waals surface area contributed by atoms with Gasteiger partial charge in [0.2, 0.25) is 0 Å². The van der Waals surface area contributed by atoms with Crippen molar-refractivity contribution in [1.29, 1.82) is 0 Å². The van der Waals surface area contributed by atoms with Crippen LogP contribution in [0.3, 0.4) is 0 Å². The largest absolute Gasteiger partial charge is 0.353 e. The summed E-state index contributed by atoms with van der Waals surface area (Å²) in [7, 11) is 5.66. The normalized spacial score (nSPS) is 29.3. The van der Waals surface area contributed by atoms with Gasteiger partial charge in [-0.3, -0.25) is 0 Å². The summed E-state index contributed by atoms with van der Waals surface area (Å²) in [6, 6.07) is 0. The predicted octanol–water partition coefficient (Wildman–Crippen LogP) is 1.44. The number of hydrogen-bond donors (Lipinski definition) is 0. The van der Waals surface area contributed by atoms with Crippen molar-refractivity contribution in [2.45, 2.75) is 27.2 Å². The first kappa shape index (κ1) is 8.12. The smallest absolute Gasteiger partial charge is 0.182 e. The molecule has 0 aromatic carbocycles. The zero-order valence-corrected chi connectivity index (χ0v) is 7.22. The lowest BCUT2D eigenvalue weighted by atomic mass is 9.80. The average molecular weight is 137 g/mol. The van der Waals surface area contributed by atoms with Crippen molar-refractivity contribution in [3.8, 4) is 0 Å². The third-order valence-electron chi connectivity index (χ3n) is 2.44. The van der Waals surface area contributed by atoms with Gasteiger partial charge >= 0.3 is 0 Å². The molecule has 1 saturated heterocycles. The van der Waals surface area contributed by atoms with E-state index in [2.05, 4.69) is 20.8 Å². The van der Waals surface area contributed by atoms with E-state index >= 15 is 0 Å². The summed E-state index contributed by atoms with van der Waals surface area (Å²) >= 11 is 0. The highest BCUT2D eigenvalue weighted by Crippen LogP contribution is 2.32. The minimum atomic E-state index is 0.439. The van der Waals surface area contributed by atoms with Gasteiger partial charge in [-0.15, -0.1) is 0 Å². The van der Waals surface area contributed by atoms with Crippen molar-refractivity contribution in [3.63, 3.8) is 0 Å². The Balaban J connectivity index is 2.45. The van der Waals surface area contributed by atoms with Gasteiger partial charge in [0.1, 0.15) is 0 Å². The molecule has 0 aromatic heterocycles. The standard InChI is InChI=1S/C8H16BN/c1-8(2,3)7-4-5-10(9)6-7/h7H,4-6H2,1-3H3. The Morgan fingerprint density at radius 2 is 2.00 bits per heavy atom. The van der Waals surface area contributed by atoms with Gasteiger partial charge in [-0.2, -0.15) is 0 Å². The second kappa shape index (κ2) is 2.57. The summed E-state index contributed by atoms with van der Waals surface area (Å²) < 4.78 is 0. The predicted molar refractivity (Wildman–Crippen MR) is 44.9 cm³/mol. The summed E-state index contributed by atoms with van der Waals surface area (Å²) in [6.45, 7) is 9.01. The van der Waals surface area contributed by atoms with E-state index in [4.69, 9.17) is 7.98 Å². The van der Waals surface area contributed by atoms with E-state index in [-0.39, 0.29) is 0 Å². The lowest BCUT2D eigenvalue weighted by molar-refractivity contribution is 0.253. The van der Waals surface area contributed by atoms with Crippen molar-refractivity contribution in [1.82, 2.24) is 4.81 Å². The van der Waals surface area contributed by atoms with Gasteiger partial charge in [0.05, 0.1) is 0 Å². The first-order valence-electron chi connectivity index (χ1n) is 4.00. The Morgan fingerprint density at radius 3 is 2.20 bits per heavy atom. The van der Waals surface area contributed by atoms with Gasteiger partial charge in [-0.25, -0.2) is 0 Å². The molecule has 0 bridgehead atoms. The van der Waals surface area contributed by atoms with Gasteiger partial charge in [0, 0.05) is 0 Å². The second-order valence-corrected chi connectivity index (χ2v) is 4.35. The van der Waals surface area contributed by atoms with Crippen molar-refractivity contribution in [2.24, 2.45) is 11.3 Å². The zero-order chi connectivity index (χ0) is 7.78. The van der Waals surface area contributed by atoms with Crippen LogP contribution in [-0.2, 0) is 0 Å². The van der Waals surface area contributed by atoms with Crippen molar-refractivity contribution < 1.29 is 0 Å². The van der Waals surface area contributed by atoms with Gasteiger partial charge in [0.15, 0.2) is 7.98 Å². The Morgan fingerprint density at radius 1 is 1.40 bits per heavy atom. The highest BCUT2D eigenvalue weighted by Gasteiger charge is 2.29. The lowest BCUT2D eigenvalue weighted by Crippen LogP contribution is -2.24. The first-order chi connectivity index (χ1) is 4.50. The third kappa shape index (κ3) is 1.75. The van der Waals surface area contributed by atoms with Crippen LogP contribution >= 0.6 is 0 Å². The van der Waals surface area contributed by atoms with E-state index in [9.17, 15) is 0 Å². The topological polar surface area (TPSA) is 3.24 Å². The molecule has 1 nitrogen and oxygen atoms in total. The minimum absolute atomic E-state index is 0.439. The monoisotopic (exact) mass is 137 g/mol. The Hall–Kier alpha value is 0.0249. The maximum atomic E-state index is 5.66. The molecule has 0 spiro atoms. The summed E-state index contributed by atoms with van der Waals surface area (Å²) in [5.41, 5.74) is 0.439. The first-order valence-corrected chi connectivity index (χ1v) is 4.00. The third-order valence-corrected chi connectivity index (χ3v) is 2.44. The van der Waals surface area contributed by atoms with Crippen molar-refractivity contribution >= 4 is 7.98 Å². The van der Waals surface area contributed by atoms with Crippen LogP contribution in [0.1, 0.15) is 27.2 Å². The Bertz CT molecular complexity index is 117. The quantitative estimate of drug-likeness (QED) is 0.456. The summed E-state index contributed by atoms with van der Waals surface area (Å²) in [6.07, 6.45) is 1.26. The molecule has 0 amide bonds. The molecule has 1 heterocycles. The van der Waals surface area contributed by atoms with Gasteiger partial charge in [-0.1, -0.05) is 20.8 Å². The van der Waals surface area contributed by atoms with E-state index in [1.54, 1.807) is 0 Å². The van der Waals surface area contributed by atoms with Gasteiger partial charge < -0.3 is 4.81 Å². The Labute approximate surface area is 65.2 Å². The van der Waals surface area contributed by atoms with Crippen molar-refractivity contribution in [2.75, 3.05) is 13.1 Å². The van der Waals surface area contributed by atoms with E-state index in [0.29, 0.717) is 5.41 Å². The van der Waals surface area contributed by atoms with Crippen molar-refractivity contribution in [3.05, 3.63) is 0 Å². The fraction of sp³-hybridized carbons (Fsp3) is 1.00. The van der Waals surface area contributed by atoms with Crippen LogP contribution in [0.2, 0.25) is 0 Å². The molecular weight excluding hydrogens is 121 g/mol. The SMILES string of the molecule is [B]N1CCC(C(C)(C)C)C1. The lowest BCUT2D eigenvalue weighted by Gasteiger charge is -2.26. The maximum Gasteiger partial charge on any atom is 0.182 e. The number of rotatable bonds is 0. The number of hydrogen-bond acceptors (Lipinski definition) is 1. The molecular formula is C8H16BN. The molecule has 1 aliphatic heterocycles. The highest BCUT2D eigenvalue weighted by molar-refractivity contribution is 6.04. The van der Waals surface area contributed by atoms with Gasteiger partial charge in [-0.05, 0) is 30.8 Å². The molecule has 1 unspecified atom stereocenters. The fourth-order valence-corrected chi connectivity index (χ4v) is 1.49. The molecule has 56 valence electrons. The summed E-state index contributed by atoms with van der Waals surface area (Å²) in [5.74, 6) is 0.789. The van der Waals surface area contributed by atoms with Gasteiger partial charge in [0.25, 0.3) is 0 Å². The van der Waals surface area contributed by atoms with Crippen LogP contribution in [0.4, 0.5) is 0 Å². The summed E-state index contributed by atoms with van der Waals surface area (Å²) in [5, 5.41) is 0. The molecule has 2 heteroatoms. The molecule has 1 rings (SSSR count). The van der Waals surface area contributed by atoms with Crippen LogP contribution in [0.5, 0.6) is 0 Å². The molecule has 0 aliphatic carbocycles. The molecule has 0 aromatic rings. The average Bonchev–Trinajstić information content (AvgIpc) is 2.11. The number of nitrogens with zero attached hydrogens (tertiary/aromatic N) is 1. The van der Waals surface area contributed by atoms with Crippen LogP contribution in [0.15, 0.2) is 0 Å². The Kier molecular flexibility index (Phi) is 2.09. The van der Waals surface area contributed by atoms with Crippen LogP contribution in [0.25, 0.3) is 0 Å². The van der Waals surface area contributed by atoms with Crippen LogP contribution < -0.4 is 0 Å². The highest BCUT2D eigenvalue weighted by atomic mass is 15.1. The van der Waals surface area contributed by atoms with Crippen LogP contribution in [0, 0.1) is 11.3 Å². The molecule has 0 N–H and O–H groups in total. The fourth-order valence-electron chi connectivity index (χ4n) is 1.49. The van der Waals surface area contributed by atoms with E-state index in [1.165, 1.54) is 6.42 Å². The van der Waals surface area contributed by atoms with E-state index < -0.39 is 0 Å². The minimum Gasteiger partial charge on any atom is -0.353 e. The molecule has 2 radical (unpaired) electrons. The van der Waals surface area contributed by atoms with E-state index in [0.717, 1.165) is 19.0 Å². The summed E-state index contributed by atoms with van der Waals surface area (Å²) in [4.78, 5) is 1.93. The molecule has 1 aliphatic rings. The molecule has 1 atom stereocenters.